The Kier molecular flexibility index (Phi) is 8.66. The Morgan fingerprint density at radius 3 is 2.72 bits per heavy atom. The summed E-state index contributed by atoms with van der Waals surface area (Å²) in [5.41, 5.74) is 12.2. The average Bonchev–Trinajstić information content (AvgIpc) is 2.73. The van der Waals surface area contributed by atoms with Gasteiger partial charge in [0.25, 0.3) is 0 Å². The largest absolute Gasteiger partial charge is 0.494 e. The number of hydrogen-bond acceptors (Lipinski definition) is 2. The molecule has 29 heavy (non-hydrogen) atoms. The quantitative estimate of drug-likeness (QED) is 0.438. The third kappa shape index (κ3) is 6.35. The summed E-state index contributed by atoms with van der Waals surface area (Å²) >= 11 is 0. The van der Waals surface area contributed by atoms with Crippen molar-refractivity contribution in [1.29, 1.82) is 0 Å². The third-order valence-electron chi connectivity index (χ3n) is 7.66. The molecule has 0 aromatic rings. The van der Waals surface area contributed by atoms with E-state index in [-0.39, 0.29) is 0 Å². The van der Waals surface area contributed by atoms with Crippen molar-refractivity contribution in [2.24, 2.45) is 23.5 Å². The second-order valence-electron chi connectivity index (χ2n) is 9.63. The van der Waals surface area contributed by atoms with E-state index in [2.05, 4.69) is 39.0 Å². The Morgan fingerprint density at radius 1 is 1.17 bits per heavy atom. The highest BCUT2D eigenvalue weighted by Crippen LogP contribution is 2.38. The van der Waals surface area contributed by atoms with Crippen molar-refractivity contribution in [3.05, 3.63) is 46.3 Å². The van der Waals surface area contributed by atoms with Gasteiger partial charge in [0, 0.05) is 13.0 Å². The van der Waals surface area contributed by atoms with E-state index >= 15 is 0 Å². The molecule has 0 saturated carbocycles. The van der Waals surface area contributed by atoms with Crippen LogP contribution in [0, 0.1) is 17.8 Å². The molecule has 0 aromatic heterocycles. The van der Waals surface area contributed by atoms with Crippen LogP contribution in [0.15, 0.2) is 46.3 Å². The van der Waals surface area contributed by atoms with Crippen LogP contribution in [0.5, 0.6) is 0 Å². The molecule has 0 spiro atoms. The average molecular weight is 398 g/mol. The van der Waals surface area contributed by atoms with Crippen LogP contribution in [0.25, 0.3) is 0 Å². The van der Waals surface area contributed by atoms with Crippen LogP contribution in [0.2, 0.25) is 0 Å². The Morgan fingerprint density at radius 2 is 2.00 bits per heavy atom. The van der Waals surface area contributed by atoms with Gasteiger partial charge in [-0.2, -0.15) is 0 Å². The Bertz CT molecular complexity index is 666. The number of nitrogens with two attached hydrogens (primary N) is 1. The molecule has 3 aliphatic rings. The minimum Gasteiger partial charge on any atom is -0.494 e. The fraction of sp³-hybridized carbons (Fsp3) is 0.704. The van der Waals surface area contributed by atoms with Gasteiger partial charge < -0.3 is 10.5 Å². The van der Waals surface area contributed by atoms with Crippen LogP contribution in [0.4, 0.5) is 0 Å². The van der Waals surface area contributed by atoms with Crippen LogP contribution in [0.3, 0.4) is 0 Å². The van der Waals surface area contributed by atoms with Gasteiger partial charge in [0.15, 0.2) is 0 Å². The van der Waals surface area contributed by atoms with Crippen LogP contribution in [-0.2, 0) is 4.74 Å². The summed E-state index contributed by atoms with van der Waals surface area (Å²) in [6, 6.07) is 0. The summed E-state index contributed by atoms with van der Waals surface area (Å²) in [5.74, 6) is 3.20. The van der Waals surface area contributed by atoms with E-state index < -0.39 is 0 Å². The molecule has 162 valence electrons. The predicted octanol–water partition coefficient (Wildman–Crippen LogP) is 7.24. The topological polar surface area (TPSA) is 35.2 Å². The molecule has 0 aromatic carbocycles. The predicted molar refractivity (Wildman–Crippen MR) is 125 cm³/mol. The third-order valence-corrected chi connectivity index (χ3v) is 7.66. The highest BCUT2D eigenvalue weighted by atomic mass is 16.5. The molecule has 0 heterocycles. The zero-order chi connectivity index (χ0) is 20.6. The summed E-state index contributed by atoms with van der Waals surface area (Å²) in [5, 5.41) is 0. The molecule has 3 rings (SSSR count). The smallest absolute Gasteiger partial charge is 0.109 e. The highest BCUT2D eigenvalue weighted by Gasteiger charge is 2.27. The zero-order valence-electron chi connectivity index (χ0n) is 19.1. The first kappa shape index (κ1) is 22.4. The van der Waals surface area contributed by atoms with Crippen LogP contribution >= 0.6 is 0 Å². The molecule has 0 aliphatic heterocycles. The molecule has 0 bridgehead atoms. The molecule has 0 radical (unpaired) electrons. The molecule has 2 unspecified atom stereocenters. The van der Waals surface area contributed by atoms with Gasteiger partial charge in [0.05, 0.1) is 5.76 Å². The first-order valence-electron chi connectivity index (χ1n) is 12.1. The second-order valence-corrected chi connectivity index (χ2v) is 9.63. The van der Waals surface area contributed by atoms with Gasteiger partial charge in [-0.3, -0.25) is 0 Å². The Hall–Kier alpha value is -1.28. The van der Waals surface area contributed by atoms with Gasteiger partial charge >= 0.3 is 0 Å². The normalized spacial score (nSPS) is 28.8. The van der Waals surface area contributed by atoms with E-state index in [4.69, 9.17) is 10.5 Å². The molecule has 3 atom stereocenters. The minimum atomic E-state index is 0.555. The Balaban J connectivity index is 1.65. The van der Waals surface area contributed by atoms with Crippen molar-refractivity contribution >= 4 is 0 Å². The van der Waals surface area contributed by atoms with Crippen molar-refractivity contribution in [2.75, 3.05) is 13.2 Å². The van der Waals surface area contributed by atoms with Crippen LogP contribution in [-0.4, -0.2) is 13.2 Å². The maximum Gasteiger partial charge on any atom is 0.109 e. The number of rotatable bonds is 8. The fourth-order valence-corrected chi connectivity index (χ4v) is 5.57. The van der Waals surface area contributed by atoms with Gasteiger partial charge in [-0.15, -0.1) is 0 Å². The van der Waals surface area contributed by atoms with E-state index in [9.17, 15) is 0 Å². The van der Waals surface area contributed by atoms with E-state index in [1.807, 2.05) is 0 Å². The standard InChI is InChI=1S/C27H43NO/c1-4-23(18-28)26-15-22(13-14-24-11-7-5-9-20(24)2)16-27(17-26)29-19-25-12-8-6-10-21(25)3/h4,9,16,22,24,26H,5-8,10-15,17-19,28H2,1-3H3/b23-4-/t22-,24?,26?/m1/s1. The number of hydrogen-bond donors (Lipinski definition) is 1. The maximum atomic E-state index is 6.43. The van der Waals surface area contributed by atoms with Gasteiger partial charge in [-0.25, -0.2) is 0 Å². The van der Waals surface area contributed by atoms with Gasteiger partial charge in [-0.1, -0.05) is 28.9 Å². The number of ether oxygens (including phenoxy) is 1. The van der Waals surface area contributed by atoms with E-state index in [0.717, 1.165) is 18.9 Å². The summed E-state index contributed by atoms with van der Waals surface area (Å²) in [6.07, 6.45) is 21.2. The highest BCUT2D eigenvalue weighted by molar-refractivity contribution is 5.19. The second kappa shape index (κ2) is 11.2. The van der Waals surface area contributed by atoms with Gasteiger partial charge in [0.2, 0.25) is 0 Å². The lowest BCUT2D eigenvalue weighted by Gasteiger charge is -2.32. The van der Waals surface area contributed by atoms with Crippen molar-refractivity contribution in [3.8, 4) is 0 Å². The lowest BCUT2D eigenvalue weighted by molar-refractivity contribution is 0.193. The van der Waals surface area contributed by atoms with Gasteiger partial charge in [0.1, 0.15) is 6.61 Å². The van der Waals surface area contributed by atoms with E-state index in [1.165, 1.54) is 75.5 Å². The first-order chi connectivity index (χ1) is 14.1. The molecule has 3 aliphatic carbocycles. The molecular weight excluding hydrogens is 354 g/mol. The zero-order valence-corrected chi connectivity index (χ0v) is 19.1. The van der Waals surface area contributed by atoms with E-state index in [0.29, 0.717) is 18.4 Å². The van der Waals surface area contributed by atoms with Crippen LogP contribution < -0.4 is 5.73 Å². The molecule has 2 heteroatoms. The van der Waals surface area contributed by atoms with Crippen molar-refractivity contribution < 1.29 is 4.74 Å². The lowest BCUT2D eigenvalue weighted by Crippen LogP contribution is -2.22. The molecule has 0 amide bonds. The fourth-order valence-electron chi connectivity index (χ4n) is 5.57. The minimum absolute atomic E-state index is 0.555. The van der Waals surface area contributed by atoms with Crippen molar-refractivity contribution in [3.63, 3.8) is 0 Å². The molecule has 2 N–H and O–H groups in total. The molecular formula is C27H43NO. The Labute approximate surface area is 179 Å². The van der Waals surface area contributed by atoms with Crippen LogP contribution in [0.1, 0.15) is 91.4 Å². The van der Waals surface area contributed by atoms with Crippen molar-refractivity contribution in [1.82, 2.24) is 0 Å². The maximum absolute atomic E-state index is 6.43. The monoisotopic (exact) mass is 397 g/mol. The summed E-state index contributed by atoms with van der Waals surface area (Å²) in [6.45, 7) is 8.25. The first-order valence-corrected chi connectivity index (χ1v) is 12.1. The molecule has 0 fully saturated rings. The lowest BCUT2D eigenvalue weighted by atomic mass is 9.76. The number of allylic oxidation sites excluding steroid dienone is 6. The van der Waals surface area contributed by atoms with E-state index in [1.54, 1.807) is 16.7 Å². The summed E-state index contributed by atoms with van der Waals surface area (Å²) in [4.78, 5) is 0. The summed E-state index contributed by atoms with van der Waals surface area (Å²) < 4.78 is 6.43. The molecule has 2 nitrogen and oxygen atoms in total. The SMILES string of the molecule is C/C=C(/CN)C1CC(OCC2=C(C)CCCC2)=C[C@H](CCC2CCCC=C2C)C1. The van der Waals surface area contributed by atoms with Crippen molar-refractivity contribution in [2.45, 2.75) is 91.4 Å². The summed E-state index contributed by atoms with van der Waals surface area (Å²) in [7, 11) is 0. The van der Waals surface area contributed by atoms with Gasteiger partial charge in [-0.05, 0) is 114 Å². The molecule has 0 saturated heterocycles.